The van der Waals surface area contributed by atoms with Gasteiger partial charge in [-0.3, -0.25) is 0 Å². The van der Waals surface area contributed by atoms with Crippen molar-refractivity contribution in [3.8, 4) is 0 Å². The van der Waals surface area contributed by atoms with Crippen molar-refractivity contribution in [1.82, 2.24) is 0 Å². The molecule has 0 bridgehead atoms. The van der Waals surface area contributed by atoms with E-state index in [-0.39, 0.29) is 22.4 Å². The first-order valence-corrected chi connectivity index (χ1v) is 14.7. The first-order chi connectivity index (χ1) is 17.0. The summed E-state index contributed by atoms with van der Waals surface area (Å²) in [6, 6.07) is 4.06. The van der Waals surface area contributed by atoms with E-state index >= 15 is 8.78 Å². The molecule has 202 valence electrons. The van der Waals surface area contributed by atoms with Crippen molar-refractivity contribution in [1.29, 1.82) is 0 Å². The van der Waals surface area contributed by atoms with Gasteiger partial charge in [0.1, 0.15) is 0 Å². The van der Waals surface area contributed by atoms with E-state index in [0.29, 0.717) is 17.8 Å². The maximum absolute atomic E-state index is 15.1. The number of benzene rings is 1. The van der Waals surface area contributed by atoms with E-state index in [9.17, 15) is 0 Å². The summed E-state index contributed by atoms with van der Waals surface area (Å²) in [5.74, 6) is 4.59. The molecule has 3 nitrogen and oxygen atoms in total. The highest BCUT2D eigenvalue weighted by atomic mass is 19.3. The highest BCUT2D eigenvalue weighted by molar-refractivity contribution is 5.54. The molecule has 4 saturated carbocycles. The molecule has 2 unspecified atom stereocenters. The van der Waals surface area contributed by atoms with E-state index in [4.69, 9.17) is 16.2 Å². The Morgan fingerprint density at radius 1 is 0.944 bits per heavy atom. The van der Waals surface area contributed by atoms with Gasteiger partial charge in [0.15, 0.2) is 0 Å². The Morgan fingerprint density at radius 2 is 1.61 bits per heavy atom. The van der Waals surface area contributed by atoms with Gasteiger partial charge in [-0.1, -0.05) is 40.5 Å². The first-order valence-electron chi connectivity index (χ1n) is 14.7. The second-order valence-electron chi connectivity index (χ2n) is 13.6. The predicted molar refractivity (Wildman–Crippen MR) is 143 cm³/mol. The first kappa shape index (κ1) is 26.3. The van der Waals surface area contributed by atoms with Crippen LogP contribution in [-0.4, -0.2) is 6.10 Å². The molecule has 0 aliphatic heterocycles. The molecule has 1 aromatic carbocycles. The third-order valence-corrected chi connectivity index (χ3v) is 11.8. The molecule has 0 heterocycles. The summed E-state index contributed by atoms with van der Waals surface area (Å²) in [6.07, 6.45) is 9.22. The van der Waals surface area contributed by atoms with E-state index in [1.807, 2.05) is 0 Å². The van der Waals surface area contributed by atoms with Gasteiger partial charge < -0.3 is 16.2 Å². The Kier molecular flexibility index (Phi) is 6.88. The molecule has 5 rings (SSSR count). The monoisotopic (exact) mass is 502 g/mol. The Morgan fingerprint density at radius 3 is 2.31 bits per heavy atom. The van der Waals surface area contributed by atoms with Crippen LogP contribution >= 0.6 is 0 Å². The molecule has 36 heavy (non-hydrogen) atoms. The third-order valence-electron chi connectivity index (χ3n) is 11.8. The fraction of sp³-hybridized carbons (Fsp3) is 0.806. The van der Waals surface area contributed by atoms with Gasteiger partial charge in [0.05, 0.1) is 11.7 Å². The Labute approximate surface area is 217 Å². The van der Waals surface area contributed by atoms with E-state index in [2.05, 4.69) is 27.7 Å². The van der Waals surface area contributed by atoms with Crippen molar-refractivity contribution in [3.63, 3.8) is 0 Å². The molecule has 4 N–H and O–H groups in total. The number of ether oxygens (including phenoxy) is 1. The van der Waals surface area contributed by atoms with Gasteiger partial charge in [-0.15, -0.1) is 0 Å². The van der Waals surface area contributed by atoms with Crippen molar-refractivity contribution in [2.75, 3.05) is 11.5 Å². The van der Waals surface area contributed by atoms with Crippen molar-refractivity contribution < 1.29 is 13.5 Å². The van der Waals surface area contributed by atoms with Crippen molar-refractivity contribution in [2.24, 2.45) is 46.3 Å². The van der Waals surface area contributed by atoms with Crippen LogP contribution in [-0.2, 0) is 10.8 Å². The number of hydrogen-bond acceptors (Lipinski definition) is 3. The molecule has 1 aromatic rings. The van der Waals surface area contributed by atoms with Crippen LogP contribution in [0.1, 0.15) is 104 Å². The lowest BCUT2D eigenvalue weighted by Gasteiger charge is -2.61. The number of fused-ring (bicyclic) bond motifs is 5. The van der Waals surface area contributed by atoms with Gasteiger partial charge in [-0.05, 0) is 122 Å². The van der Waals surface area contributed by atoms with E-state index in [0.717, 1.165) is 48.9 Å². The SMILES string of the molecule is CCC[C@@H](C)[C@H]1CC[C@H]2[C@@H]3CCC4CC(OC(F)(F)c5cc(N)cc(N)c5)CC[C@]4(C)[C@H]3CC[C@]12C. The summed E-state index contributed by atoms with van der Waals surface area (Å²) in [5.41, 5.74) is 12.5. The summed E-state index contributed by atoms with van der Waals surface area (Å²) in [7, 11) is 0. The summed E-state index contributed by atoms with van der Waals surface area (Å²) < 4.78 is 35.7. The molecule has 4 aliphatic carbocycles. The van der Waals surface area contributed by atoms with Gasteiger partial charge in [0.25, 0.3) is 0 Å². The highest BCUT2D eigenvalue weighted by Gasteiger charge is 2.60. The van der Waals surface area contributed by atoms with E-state index in [1.165, 1.54) is 63.1 Å². The number of nitrogens with two attached hydrogens (primary N) is 2. The van der Waals surface area contributed by atoms with Crippen LogP contribution in [0.4, 0.5) is 20.2 Å². The number of hydrogen-bond donors (Lipinski definition) is 2. The Balaban J connectivity index is 1.28. The molecule has 0 aromatic heterocycles. The smallest absolute Gasteiger partial charge is 0.383 e. The zero-order valence-electron chi connectivity index (χ0n) is 22.9. The Bertz CT molecular complexity index is 932. The number of rotatable bonds is 6. The largest absolute Gasteiger partial charge is 0.399 e. The highest BCUT2D eigenvalue weighted by Crippen LogP contribution is 2.68. The van der Waals surface area contributed by atoms with Crippen LogP contribution in [0.3, 0.4) is 0 Å². The number of nitrogen functional groups attached to an aromatic ring is 2. The topological polar surface area (TPSA) is 61.3 Å². The predicted octanol–water partition coefficient (Wildman–Crippen LogP) is 8.38. The molecule has 0 radical (unpaired) electrons. The molecule has 4 fully saturated rings. The number of alkyl halides is 2. The molecule has 0 spiro atoms. The summed E-state index contributed by atoms with van der Waals surface area (Å²) in [6.45, 7) is 9.95. The van der Waals surface area contributed by atoms with Gasteiger partial charge >= 0.3 is 6.11 Å². The maximum Gasteiger partial charge on any atom is 0.383 e. The summed E-state index contributed by atoms with van der Waals surface area (Å²) in [5, 5.41) is 0. The zero-order valence-corrected chi connectivity index (χ0v) is 22.9. The van der Waals surface area contributed by atoms with Crippen LogP contribution in [0.15, 0.2) is 18.2 Å². The lowest BCUT2D eigenvalue weighted by Crippen LogP contribution is -2.54. The minimum absolute atomic E-state index is 0.239. The third kappa shape index (κ3) is 4.35. The fourth-order valence-electron chi connectivity index (χ4n) is 10.1. The van der Waals surface area contributed by atoms with Gasteiger partial charge in [-0.2, -0.15) is 8.78 Å². The molecule has 4 aliphatic rings. The summed E-state index contributed by atoms with van der Waals surface area (Å²) in [4.78, 5) is 0. The Hall–Kier alpha value is -1.36. The number of halogens is 2. The standard InChI is InChI=1S/C31H48F2N2O/c1-5-6-19(2)26-9-10-27-25-8-7-20-17-24(11-13-29(20,3)28(25)12-14-30(26,27)4)36-31(32,33)21-15-22(34)18-23(35)16-21/h15-16,18-20,24-28H,5-14,17,34-35H2,1-4H3/t19-,20?,24?,25+,26-,27+,28+,29+,30-/m1/s1. The lowest BCUT2D eigenvalue weighted by molar-refractivity contribution is -0.286. The molecule has 0 saturated heterocycles. The minimum Gasteiger partial charge on any atom is -0.399 e. The molecule has 0 amide bonds. The van der Waals surface area contributed by atoms with Crippen molar-refractivity contribution in [2.45, 2.75) is 111 Å². The van der Waals surface area contributed by atoms with Crippen molar-refractivity contribution in [3.05, 3.63) is 23.8 Å². The van der Waals surface area contributed by atoms with Crippen LogP contribution < -0.4 is 11.5 Å². The van der Waals surface area contributed by atoms with Crippen LogP contribution in [0, 0.1) is 46.3 Å². The van der Waals surface area contributed by atoms with Crippen LogP contribution in [0.25, 0.3) is 0 Å². The normalized spacial score (nSPS) is 41.3. The molecule has 5 heteroatoms. The number of anilines is 2. The molecular weight excluding hydrogens is 454 g/mol. The summed E-state index contributed by atoms with van der Waals surface area (Å²) >= 11 is 0. The quantitative estimate of drug-likeness (QED) is 0.384. The van der Waals surface area contributed by atoms with E-state index in [1.54, 1.807) is 0 Å². The second kappa shape index (κ2) is 9.43. The fourth-order valence-corrected chi connectivity index (χ4v) is 10.1. The maximum atomic E-state index is 15.1. The average Bonchev–Trinajstić information content (AvgIpc) is 3.16. The van der Waals surface area contributed by atoms with Gasteiger partial charge in [-0.25, -0.2) is 0 Å². The average molecular weight is 503 g/mol. The van der Waals surface area contributed by atoms with Gasteiger partial charge in [0, 0.05) is 11.4 Å². The van der Waals surface area contributed by atoms with Crippen LogP contribution in [0.5, 0.6) is 0 Å². The van der Waals surface area contributed by atoms with Crippen LogP contribution in [0.2, 0.25) is 0 Å². The molecular formula is C31H48F2N2O. The second-order valence-corrected chi connectivity index (χ2v) is 13.6. The van der Waals surface area contributed by atoms with Gasteiger partial charge in [0.2, 0.25) is 0 Å². The van der Waals surface area contributed by atoms with Crippen molar-refractivity contribution >= 4 is 11.4 Å². The lowest BCUT2D eigenvalue weighted by atomic mass is 9.44. The minimum atomic E-state index is -3.38. The molecule has 9 atom stereocenters. The van der Waals surface area contributed by atoms with E-state index < -0.39 is 12.2 Å². The zero-order chi connectivity index (χ0) is 25.9.